The zero-order chi connectivity index (χ0) is 28.9. The summed E-state index contributed by atoms with van der Waals surface area (Å²) >= 11 is 7.77. The molecular weight excluding hydrogens is 516 g/mol. The number of hydrogen-bond donors (Lipinski definition) is 0. The molecule has 0 amide bonds. The van der Waals surface area contributed by atoms with Crippen LogP contribution in [0.1, 0.15) is 152 Å². The van der Waals surface area contributed by atoms with Crippen LogP contribution in [0.2, 0.25) is 0 Å². The number of unbranched alkanes of at least 4 members (excludes halogenated alkanes) is 17. The first kappa shape index (κ1) is 33.5. The molecule has 0 saturated carbocycles. The second kappa shape index (κ2) is 20.8. The average molecular weight is 573 g/mol. The molecule has 1 atom stereocenters. The van der Waals surface area contributed by atoms with Gasteiger partial charge in [0.15, 0.2) is 0 Å². The molecule has 0 bridgehead atoms. The summed E-state index contributed by atoms with van der Waals surface area (Å²) in [4.78, 5) is -0.585. The van der Waals surface area contributed by atoms with Gasteiger partial charge in [0, 0.05) is 5.92 Å². The Morgan fingerprint density at radius 1 is 0.439 bits per heavy atom. The zero-order valence-electron chi connectivity index (χ0n) is 26.1. The van der Waals surface area contributed by atoms with E-state index in [0.29, 0.717) is 0 Å². The van der Waals surface area contributed by atoms with Crippen LogP contribution in [0, 0.1) is 0 Å². The summed E-state index contributed by atoms with van der Waals surface area (Å²) in [5.74, 6) is 0.219. The highest BCUT2D eigenvalue weighted by molar-refractivity contribution is 6.26. The number of hydrogen-bond acceptors (Lipinski definition) is 0. The molecule has 3 aromatic rings. The molecular formula is C40H57Cl. The van der Waals surface area contributed by atoms with E-state index >= 15 is 0 Å². The van der Waals surface area contributed by atoms with Gasteiger partial charge in [-0.05, 0) is 23.1 Å². The van der Waals surface area contributed by atoms with Crippen LogP contribution in [0.3, 0.4) is 0 Å². The van der Waals surface area contributed by atoms with Crippen LogP contribution in [0.5, 0.6) is 0 Å². The molecule has 0 aliphatic carbocycles. The van der Waals surface area contributed by atoms with E-state index in [1.807, 2.05) is 0 Å². The summed E-state index contributed by atoms with van der Waals surface area (Å²) in [5, 5.41) is 0. The fraction of sp³-hybridized carbons (Fsp3) is 0.550. The van der Waals surface area contributed by atoms with Gasteiger partial charge in [0.25, 0.3) is 0 Å². The summed E-state index contributed by atoms with van der Waals surface area (Å²) in [6.45, 7) is 2.30. The molecule has 0 heterocycles. The maximum Gasteiger partial charge on any atom is 0.101 e. The number of halogens is 1. The maximum atomic E-state index is 7.77. The Kier molecular flexibility index (Phi) is 16.9. The third-order valence-electron chi connectivity index (χ3n) is 8.92. The third kappa shape index (κ3) is 12.0. The van der Waals surface area contributed by atoms with Gasteiger partial charge in [0.2, 0.25) is 0 Å². The SMILES string of the molecule is CCCCCCCCCCCCCCCCCCCCC(c1ccccc1)C(Cl)(c1ccccc1)c1ccccc1. The molecule has 0 N–H and O–H groups in total. The van der Waals surface area contributed by atoms with Gasteiger partial charge in [-0.3, -0.25) is 0 Å². The van der Waals surface area contributed by atoms with Gasteiger partial charge >= 0.3 is 0 Å². The molecule has 1 heteroatoms. The highest BCUT2D eigenvalue weighted by atomic mass is 35.5. The molecule has 0 fully saturated rings. The highest BCUT2D eigenvalue weighted by Gasteiger charge is 2.40. The zero-order valence-corrected chi connectivity index (χ0v) is 26.8. The molecule has 41 heavy (non-hydrogen) atoms. The lowest BCUT2D eigenvalue weighted by molar-refractivity contribution is 0.470. The summed E-state index contributed by atoms with van der Waals surface area (Å²) in [5.41, 5.74) is 3.70. The van der Waals surface area contributed by atoms with Crippen LogP contribution >= 0.6 is 11.6 Å². The van der Waals surface area contributed by atoms with Crippen molar-refractivity contribution in [3.63, 3.8) is 0 Å². The average Bonchev–Trinajstić information content (AvgIpc) is 3.03. The van der Waals surface area contributed by atoms with Gasteiger partial charge in [-0.2, -0.15) is 0 Å². The molecule has 1 unspecified atom stereocenters. The van der Waals surface area contributed by atoms with Crippen LogP contribution in [0.25, 0.3) is 0 Å². The molecule has 0 nitrogen and oxygen atoms in total. The fourth-order valence-corrected chi connectivity index (χ4v) is 6.95. The predicted molar refractivity (Wildman–Crippen MR) is 182 cm³/mol. The second-order valence-corrected chi connectivity index (χ2v) is 12.8. The first-order chi connectivity index (χ1) is 20.3. The molecule has 0 spiro atoms. The summed E-state index contributed by atoms with van der Waals surface area (Å²) in [6.07, 6.45) is 26.4. The Morgan fingerprint density at radius 3 is 1.12 bits per heavy atom. The van der Waals surface area contributed by atoms with Crippen LogP contribution in [-0.4, -0.2) is 0 Å². The lowest BCUT2D eigenvalue weighted by Crippen LogP contribution is -2.29. The second-order valence-electron chi connectivity index (χ2n) is 12.2. The first-order valence-electron chi connectivity index (χ1n) is 17.1. The Bertz CT molecular complexity index is 957. The van der Waals surface area contributed by atoms with Gasteiger partial charge in [-0.15, -0.1) is 11.6 Å². The molecule has 3 rings (SSSR count). The number of benzene rings is 3. The molecule has 0 saturated heterocycles. The lowest BCUT2D eigenvalue weighted by atomic mass is 9.74. The van der Waals surface area contributed by atoms with Crippen molar-refractivity contribution in [1.82, 2.24) is 0 Å². The van der Waals surface area contributed by atoms with Gasteiger partial charge < -0.3 is 0 Å². The minimum atomic E-state index is -0.585. The van der Waals surface area contributed by atoms with Crippen LogP contribution in [0.15, 0.2) is 91.0 Å². The molecule has 0 radical (unpaired) electrons. The van der Waals surface area contributed by atoms with Crippen molar-refractivity contribution in [2.24, 2.45) is 0 Å². The van der Waals surface area contributed by atoms with Crippen molar-refractivity contribution in [1.29, 1.82) is 0 Å². The Labute approximate surface area is 258 Å². The van der Waals surface area contributed by atoms with Gasteiger partial charge in [0.1, 0.15) is 4.87 Å². The fourth-order valence-electron chi connectivity index (χ4n) is 6.46. The summed E-state index contributed by atoms with van der Waals surface area (Å²) < 4.78 is 0. The Morgan fingerprint density at radius 2 is 0.756 bits per heavy atom. The minimum Gasteiger partial charge on any atom is -0.108 e. The first-order valence-corrected chi connectivity index (χ1v) is 17.5. The maximum absolute atomic E-state index is 7.77. The van der Waals surface area contributed by atoms with E-state index in [9.17, 15) is 0 Å². The van der Waals surface area contributed by atoms with E-state index in [1.165, 1.54) is 132 Å². The van der Waals surface area contributed by atoms with Gasteiger partial charge in [-0.25, -0.2) is 0 Å². The van der Waals surface area contributed by atoms with Crippen molar-refractivity contribution in [3.8, 4) is 0 Å². The smallest absolute Gasteiger partial charge is 0.101 e. The molecule has 0 aliphatic rings. The molecule has 0 aromatic heterocycles. The van der Waals surface area contributed by atoms with E-state index in [2.05, 4.69) is 97.9 Å². The van der Waals surface area contributed by atoms with Crippen LogP contribution in [-0.2, 0) is 4.87 Å². The number of rotatable bonds is 23. The van der Waals surface area contributed by atoms with Crippen molar-refractivity contribution in [3.05, 3.63) is 108 Å². The molecule has 224 valence electrons. The predicted octanol–water partition coefficient (Wildman–Crippen LogP) is 13.4. The Balaban J connectivity index is 1.37. The van der Waals surface area contributed by atoms with Crippen molar-refractivity contribution >= 4 is 11.6 Å². The van der Waals surface area contributed by atoms with E-state index in [-0.39, 0.29) is 5.92 Å². The van der Waals surface area contributed by atoms with Gasteiger partial charge in [0.05, 0.1) is 0 Å². The minimum absolute atomic E-state index is 0.219. The van der Waals surface area contributed by atoms with E-state index < -0.39 is 4.87 Å². The monoisotopic (exact) mass is 572 g/mol. The lowest BCUT2D eigenvalue weighted by Gasteiger charge is -2.37. The third-order valence-corrected chi connectivity index (χ3v) is 9.62. The highest BCUT2D eigenvalue weighted by Crippen LogP contribution is 2.50. The van der Waals surface area contributed by atoms with Crippen LogP contribution in [0.4, 0.5) is 0 Å². The van der Waals surface area contributed by atoms with E-state index in [0.717, 1.165) is 6.42 Å². The van der Waals surface area contributed by atoms with Crippen molar-refractivity contribution in [2.75, 3.05) is 0 Å². The quantitative estimate of drug-likeness (QED) is 0.0782. The summed E-state index contributed by atoms with van der Waals surface area (Å²) in [7, 11) is 0. The Hall–Kier alpha value is -2.05. The largest absolute Gasteiger partial charge is 0.108 e. The summed E-state index contributed by atoms with van der Waals surface area (Å²) in [6, 6.07) is 32.4. The molecule has 3 aromatic carbocycles. The van der Waals surface area contributed by atoms with Crippen molar-refractivity contribution in [2.45, 2.75) is 140 Å². The normalized spacial score (nSPS) is 12.4. The van der Waals surface area contributed by atoms with E-state index in [1.54, 1.807) is 0 Å². The van der Waals surface area contributed by atoms with Crippen LogP contribution < -0.4 is 0 Å². The molecule has 0 aliphatic heterocycles. The topological polar surface area (TPSA) is 0 Å². The van der Waals surface area contributed by atoms with E-state index in [4.69, 9.17) is 11.6 Å². The standard InChI is InChI=1S/C40H57Cl/c1-2-3-4-5-6-7-8-9-10-11-12-13-14-15-16-17-18-28-35-39(36-29-22-19-23-30-36)40(41,37-31-24-20-25-32-37)38-33-26-21-27-34-38/h19-27,29-34,39H,2-18,28,35H2,1H3. The van der Waals surface area contributed by atoms with Crippen molar-refractivity contribution < 1.29 is 0 Å². The van der Waals surface area contributed by atoms with Gasteiger partial charge in [-0.1, -0.05) is 213 Å². The number of alkyl halides is 1.